The third kappa shape index (κ3) is 11.9. The molecular formula is C25H50N2O. The highest BCUT2D eigenvalue weighted by atomic mass is 16.2. The number of nitrogens with two attached hydrogens (primary N) is 1. The van der Waals surface area contributed by atoms with Crippen LogP contribution in [-0.4, -0.2) is 16.5 Å². The maximum absolute atomic E-state index is 12.1. The number of hydrogen-bond acceptors (Lipinski definition) is 2. The van der Waals surface area contributed by atoms with Crippen LogP contribution in [-0.2, 0) is 4.79 Å². The summed E-state index contributed by atoms with van der Waals surface area (Å²) < 4.78 is 0. The molecule has 0 aliphatic heterocycles. The van der Waals surface area contributed by atoms with Crippen molar-refractivity contribution >= 4 is 5.91 Å². The molecule has 28 heavy (non-hydrogen) atoms. The quantitative estimate of drug-likeness (QED) is 0.0857. The Morgan fingerprint density at radius 3 is 1.57 bits per heavy atom. The summed E-state index contributed by atoms with van der Waals surface area (Å²) >= 11 is 0. The normalized spacial score (nSPS) is 12.8. The second kappa shape index (κ2) is 16.0. The molecule has 0 saturated carbocycles. The molecule has 0 aromatic rings. The molecular weight excluding hydrogens is 344 g/mol. The van der Waals surface area contributed by atoms with Gasteiger partial charge in [-0.15, -0.1) is 0 Å². The van der Waals surface area contributed by atoms with Crippen LogP contribution in [0, 0.1) is 5.92 Å². The molecule has 0 radical (unpaired) electrons. The molecule has 2 N–H and O–H groups in total. The molecule has 0 aromatic heterocycles. The Labute approximate surface area is 176 Å². The molecule has 0 aromatic carbocycles. The van der Waals surface area contributed by atoms with Gasteiger partial charge in [0.15, 0.2) is 0 Å². The van der Waals surface area contributed by atoms with E-state index in [1.165, 1.54) is 94.9 Å². The Bertz CT molecular complexity index is 417. The molecule has 0 fully saturated rings. The van der Waals surface area contributed by atoms with Crippen molar-refractivity contribution in [3.63, 3.8) is 0 Å². The average molecular weight is 395 g/mol. The highest BCUT2D eigenvalue weighted by Gasteiger charge is 2.33. The van der Waals surface area contributed by atoms with E-state index in [4.69, 9.17) is 5.84 Å². The van der Waals surface area contributed by atoms with Crippen molar-refractivity contribution in [1.29, 1.82) is 0 Å². The lowest BCUT2D eigenvalue weighted by atomic mass is 9.84. The van der Waals surface area contributed by atoms with Crippen molar-refractivity contribution in [2.24, 2.45) is 11.8 Å². The molecule has 0 bridgehead atoms. The lowest BCUT2D eigenvalue weighted by molar-refractivity contribution is -0.134. The minimum absolute atomic E-state index is 0.155. The SMILES string of the molecule is C=C(C)C(=O)N(N)C(C)(C)C(C)CCCCCCCCCCCCCCCC. The Hall–Kier alpha value is -0.830. The topological polar surface area (TPSA) is 46.3 Å². The Kier molecular flexibility index (Phi) is 15.5. The lowest BCUT2D eigenvalue weighted by Crippen LogP contribution is -2.55. The van der Waals surface area contributed by atoms with Gasteiger partial charge in [-0.3, -0.25) is 9.80 Å². The highest BCUT2D eigenvalue weighted by Crippen LogP contribution is 2.27. The average Bonchev–Trinajstić information content (AvgIpc) is 2.66. The van der Waals surface area contributed by atoms with Gasteiger partial charge in [-0.25, -0.2) is 5.84 Å². The third-order valence-corrected chi connectivity index (χ3v) is 6.40. The first-order chi connectivity index (χ1) is 13.2. The maximum atomic E-state index is 12.1. The van der Waals surface area contributed by atoms with Gasteiger partial charge in [0, 0.05) is 5.57 Å². The van der Waals surface area contributed by atoms with Crippen LogP contribution >= 0.6 is 0 Å². The molecule has 0 heterocycles. The largest absolute Gasteiger partial charge is 0.271 e. The van der Waals surface area contributed by atoms with Gasteiger partial charge >= 0.3 is 0 Å². The lowest BCUT2D eigenvalue weighted by Gasteiger charge is -2.40. The molecule has 0 saturated heterocycles. The summed E-state index contributed by atoms with van der Waals surface area (Å²) in [7, 11) is 0. The number of hydrazine groups is 1. The van der Waals surface area contributed by atoms with Crippen molar-refractivity contribution in [2.45, 2.75) is 136 Å². The molecule has 1 unspecified atom stereocenters. The first kappa shape index (κ1) is 27.2. The van der Waals surface area contributed by atoms with Crippen molar-refractivity contribution < 1.29 is 4.79 Å². The smallest absolute Gasteiger partial charge is 0.263 e. The summed E-state index contributed by atoms with van der Waals surface area (Å²) in [6, 6.07) is 0. The van der Waals surface area contributed by atoms with E-state index in [0.29, 0.717) is 11.5 Å². The fourth-order valence-electron chi connectivity index (χ4n) is 3.70. The van der Waals surface area contributed by atoms with Gasteiger partial charge in [0.1, 0.15) is 0 Å². The van der Waals surface area contributed by atoms with Gasteiger partial charge in [-0.05, 0) is 33.1 Å². The summed E-state index contributed by atoms with van der Waals surface area (Å²) in [5.41, 5.74) is 0.159. The van der Waals surface area contributed by atoms with E-state index in [1.54, 1.807) is 6.92 Å². The fourth-order valence-corrected chi connectivity index (χ4v) is 3.70. The Morgan fingerprint density at radius 1 is 0.857 bits per heavy atom. The first-order valence-electron chi connectivity index (χ1n) is 12.0. The highest BCUT2D eigenvalue weighted by molar-refractivity contribution is 5.92. The van der Waals surface area contributed by atoms with Crippen LogP contribution in [0.5, 0.6) is 0 Å². The van der Waals surface area contributed by atoms with E-state index in [9.17, 15) is 4.79 Å². The summed E-state index contributed by atoms with van der Waals surface area (Å²) in [6.45, 7) is 14.0. The first-order valence-corrected chi connectivity index (χ1v) is 12.0. The second-order valence-corrected chi connectivity index (χ2v) is 9.40. The maximum Gasteiger partial charge on any atom is 0.263 e. The van der Waals surface area contributed by atoms with Crippen molar-refractivity contribution in [3.05, 3.63) is 12.2 Å². The van der Waals surface area contributed by atoms with Crippen molar-refractivity contribution in [3.8, 4) is 0 Å². The summed E-state index contributed by atoms with van der Waals surface area (Å²) in [4.78, 5) is 12.1. The number of unbranched alkanes of at least 4 members (excludes halogenated alkanes) is 13. The Morgan fingerprint density at radius 2 is 1.21 bits per heavy atom. The number of nitrogens with zero attached hydrogens (tertiary/aromatic N) is 1. The molecule has 1 atom stereocenters. The predicted molar refractivity (Wildman–Crippen MR) is 124 cm³/mol. The monoisotopic (exact) mass is 394 g/mol. The number of rotatable bonds is 18. The number of hydrogen-bond donors (Lipinski definition) is 1. The molecule has 3 heteroatoms. The standard InChI is InChI=1S/C25H50N2O/c1-7-8-9-10-11-12-13-14-15-16-17-18-19-20-21-23(4)25(5,6)27(26)24(28)22(2)3/h23H,2,7-21,26H2,1,3-6H3. The molecule has 0 aliphatic carbocycles. The predicted octanol–water partition coefficient (Wildman–Crippen LogP) is 7.55. The van der Waals surface area contributed by atoms with E-state index in [0.717, 1.165) is 6.42 Å². The van der Waals surface area contributed by atoms with Crippen LogP contribution in [0.15, 0.2) is 12.2 Å². The van der Waals surface area contributed by atoms with E-state index in [1.807, 2.05) is 0 Å². The minimum atomic E-state index is -0.341. The van der Waals surface area contributed by atoms with E-state index in [-0.39, 0.29) is 11.4 Å². The van der Waals surface area contributed by atoms with Gasteiger partial charge in [0.05, 0.1) is 5.54 Å². The summed E-state index contributed by atoms with van der Waals surface area (Å²) in [5, 5.41) is 1.38. The summed E-state index contributed by atoms with van der Waals surface area (Å²) in [5.74, 6) is 6.29. The number of amides is 1. The van der Waals surface area contributed by atoms with E-state index in [2.05, 4.69) is 34.3 Å². The molecule has 0 aliphatic rings. The van der Waals surface area contributed by atoms with E-state index >= 15 is 0 Å². The number of carbonyl (C=O) groups excluding carboxylic acids is 1. The molecule has 0 rings (SSSR count). The van der Waals surface area contributed by atoms with Crippen LogP contribution < -0.4 is 5.84 Å². The van der Waals surface area contributed by atoms with Crippen molar-refractivity contribution in [1.82, 2.24) is 5.01 Å². The van der Waals surface area contributed by atoms with Crippen LogP contribution in [0.4, 0.5) is 0 Å². The molecule has 166 valence electrons. The van der Waals surface area contributed by atoms with Crippen LogP contribution in [0.1, 0.15) is 131 Å². The van der Waals surface area contributed by atoms with Crippen molar-refractivity contribution in [2.75, 3.05) is 0 Å². The Balaban J connectivity index is 3.64. The molecule has 3 nitrogen and oxygen atoms in total. The van der Waals surface area contributed by atoms with Crippen LogP contribution in [0.25, 0.3) is 0 Å². The van der Waals surface area contributed by atoms with Gasteiger partial charge in [-0.2, -0.15) is 0 Å². The van der Waals surface area contributed by atoms with Gasteiger partial charge in [-0.1, -0.05) is 110 Å². The van der Waals surface area contributed by atoms with Gasteiger partial charge in [0.2, 0.25) is 0 Å². The fraction of sp³-hybridized carbons (Fsp3) is 0.880. The van der Waals surface area contributed by atoms with Crippen LogP contribution in [0.2, 0.25) is 0 Å². The third-order valence-electron chi connectivity index (χ3n) is 6.40. The molecule has 0 spiro atoms. The summed E-state index contributed by atoms with van der Waals surface area (Å²) in [6.07, 6.45) is 20.5. The van der Waals surface area contributed by atoms with Gasteiger partial charge < -0.3 is 0 Å². The zero-order valence-corrected chi connectivity index (χ0v) is 19.8. The zero-order chi connectivity index (χ0) is 21.4. The van der Waals surface area contributed by atoms with E-state index < -0.39 is 0 Å². The molecule has 1 amide bonds. The number of carbonyl (C=O) groups is 1. The zero-order valence-electron chi connectivity index (χ0n) is 19.8. The minimum Gasteiger partial charge on any atom is -0.271 e. The van der Waals surface area contributed by atoms with Crippen LogP contribution in [0.3, 0.4) is 0 Å². The van der Waals surface area contributed by atoms with Gasteiger partial charge in [0.25, 0.3) is 5.91 Å². The second-order valence-electron chi connectivity index (χ2n) is 9.40.